The fraction of sp³-hybridized carbons (Fsp3) is 0.231. The number of halogens is 3. The summed E-state index contributed by atoms with van der Waals surface area (Å²) >= 11 is 3.05. The molecule has 0 radical (unpaired) electrons. The van der Waals surface area contributed by atoms with Crippen LogP contribution in [0.5, 0.6) is 0 Å². The van der Waals surface area contributed by atoms with E-state index in [4.69, 9.17) is 0 Å². The third-order valence-corrected chi connectivity index (χ3v) is 3.59. The molecule has 2 aromatic rings. The van der Waals surface area contributed by atoms with Crippen molar-refractivity contribution in [1.29, 1.82) is 0 Å². The Morgan fingerprint density at radius 1 is 1.00 bits per heavy atom. The summed E-state index contributed by atoms with van der Waals surface area (Å²) in [5, 5.41) is 1.93. The van der Waals surface area contributed by atoms with Gasteiger partial charge in [0.25, 0.3) is 6.43 Å². The molecule has 2 rings (SSSR count). The summed E-state index contributed by atoms with van der Waals surface area (Å²) in [6.45, 7) is 1.98. The lowest BCUT2D eigenvalue weighted by Crippen LogP contribution is -2.02. The zero-order valence-electron chi connectivity index (χ0n) is 8.75. The van der Waals surface area contributed by atoms with Crippen molar-refractivity contribution in [3.63, 3.8) is 0 Å². The van der Waals surface area contributed by atoms with E-state index in [0.717, 1.165) is 16.3 Å². The van der Waals surface area contributed by atoms with Crippen molar-refractivity contribution >= 4 is 26.7 Å². The first kappa shape index (κ1) is 11.5. The van der Waals surface area contributed by atoms with E-state index in [0.29, 0.717) is 5.56 Å². The highest BCUT2D eigenvalue weighted by Crippen LogP contribution is 2.35. The molecule has 0 nitrogen and oxygen atoms in total. The van der Waals surface area contributed by atoms with Gasteiger partial charge in [0.05, 0.1) is 0 Å². The fourth-order valence-corrected chi connectivity index (χ4v) is 2.25. The van der Waals surface area contributed by atoms with Crippen molar-refractivity contribution in [2.45, 2.75) is 18.2 Å². The SMILES string of the molecule is Cc1ccc(C(Br)C(F)F)c2ccccc12. The van der Waals surface area contributed by atoms with Gasteiger partial charge in [-0.15, -0.1) is 0 Å². The highest BCUT2D eigenvalue weighted by molar-refractivity contribution is 9.09. The van der Waals surface area contributed by atoms with Crippen LogP contribution in [-0.2, 0) is 0 Å². The lowest BCUT2D eigenvalue weighted by atomic mass is 9.98. The van der Waals surface area contributed by atoms with Crippen LogP contribution in [0.3, 0.4) is 0 Å². The minimum absolute atomic E-state index is 0.649. The summed E-state index contributed by atoms with van der Waals surface area (Å²) in [5.41, 5.74) is 1.75. The van der Waals surface area contributed by atoms with Gasteiger partial charge in [-0.25, -0.2) is 8.78 Å². The van der Waals surface area contributed by atoms with E-state index >= 15 is 0 Å². The number of rotatable bonds is 2. The van der Waals surface area contributed by atoms with Crippen molar-refractivity contribution in [1.82, 2.24) is 0 Å². The monoisotopic (exact) mass is 284 g/mol. The van der Waals surface area contributed by atoms with Crippen LogP contribution in [0.1, 0.15) is 16.0 Å². The largest absolute Gasteiger partial charge is 0.255 e. The first-order valence-electron chi connectivity index (χ1n) is 5.01. The molecule has 0 N–H and O–H groups in total. The lowest BCUT2D eigenvalue weighted by molar-refractivity contribution is 0.148. The van der Waals surface area contributed by atoms with Gasteiger partial charge >= 0.3 is 0 Å². The standard InChI is InChI=1S/C13H11BrF2/c1-8-6-7-11(12(14)13(15)16)10-5-3-2-4-9(8)10/h2-7,12-13H,1H3. The maximum absolute atomic E-state index is 12.7. The summed E-state index contributed by atoms with van der Waals surface area (Å²) in [5.74, 6) is 0. The van der Waals surface area contributed by atoms with E-state index in [1.165, 1.54) is 0 Å². The Morgan fingerprint density at radius 2 is 1.62 bits per heavy atom. The third kappa shape index (κ3) is 1.96. The Labute approximate surface area is 101 Å². The molecule has 0 aromatic heterocycles. The Morgan fingerprint density at radius 3 is 2.25 bits per heavy atom. The average molecular weight is 285 g/mol. The molecule has 84 valence electrons. The molecule has 16 heavy (non-hydrogen) atoms. The van der Waals surface area contributed by atoms with Crippen LogP contribution >= 0.6 is 15.9 Å². The van der Waals surface area contributed by atoms with Crippen molar-refractivity contribution in [3.8, 4) is 0 Å². The van der Waals surface area contributed by atoms with E-state index in [1.807, 2.05) is 37.3 Å². The van der Waals surface area contributed by atoms with Crippen LogP contribution in [0, 0.1) is 6.92 Å². The van der Waals surface area contributed by atoms with E-state index in [1.54, 1.807) is 6.07 Å². The summed E-state index contributed by atoms with van der Waals surface area (Å²) < 4.78 is 25.4. The highest BCUT2D eigenvalue weighted by Gasteiger charge is 2.20. The molecule has 0 fully saturated rings. The molecule has 1 unspecified atom stereocenters. The van der Waals surface area contributed by atoms with Crippen molar-refractivity contribution in [2.24, 2.45) is 0 Å². The maximum atomic E-state index is 12.7. The molecule has 0 aliphatic rings. The topological polar surface area (TPSA) is 0 Å². The number of aryl methyl sites for hydroxylation is 1. The molecule has 3 heteroatoms. The Hall–Kier alpha value is -0.960. The molecule has 0 saturated heterocycles. The van der Waals surface area contributed by atoms with Crippen LogP contribution in [0.2, 0.25) is 0 Å². The molecule has 0 saturated carbocycles. The molecular formula is C13H11BrF2. The Bertz CT molecular complexity index is 508. The van der Waals surface area contributed by atoms with Gasteiger partial charge in [0.2, 0.25) is 0 Å². The number of fused-ring (bicyclic) bond motifs is 1. The van der Waals surface area contributed by atoms with Crippen LogP contribution in [0.25, 0.3) is 10.8 Å². The molecule has 0 aliphatic heterocycles. The van der Waals surface area contributed by atoms with E-state index in [9.17, 15) is 8.78 Å². The second-order valence-electron chi connectivity index (χ2n) is 3.75. The van der Waals surface area contributed by atoms with Crippen molar-refractivity contribution < 1.29 is 8.78 Å². The lowest BCUT2D eigenvalue weighted by Gasteiger charge is -2.13. The van der Waals surface area contributed by atoms with Crippen LogP contribution in [0.4, 0.5) is 8.78 Å². The summed E-state index contributed by atoms with van der Waals surface area (Å²) in [6, 6.07) is 11.3. The van der Waals surface area contributed by atoms with Gasteiger partial charge in [-0.2, -0.15) is 0 Å². The Kier molecular flexibility index (Phi) is 3.24. The molecule has 0 amide bonds. The molecule has 0 spiro atoms. The number of alkyl halides is 3. The first-order chi connectivity index (χ1) is 7.61. The first-order valence-corrected chi connectivity index (χ1v) is 5.93. The second kappa shape index (κ2) is 4.50. The average Bonchev–Trinajstić information content (AvgIpc) is 2.29. The van der Waals surface area contributed by atoms with Crippen molar-refractivity contribution in [3.05, 3.63) is 47.5 Å². The molecule has 2 aromatic carbocycles. The number of hydrogen-bond donors (Lipinski definition) is 0. The molecule has 1 atom stereocenters. The smallest absolute Gasteiger partial charge is 0.209 e. The zero-order chi connectivity index (χ0) is 11.7. The molecule has 0 heterocycles. The van der Waals surface area contributed by atoms with E-state index in [2.05, 4.69) is 15.9 Å². The minimum Gasteiger partial charge on any atom is -0.209 e. The van der Waals surface area contributed by atoms with Crippen LogP contribution in [-0.4, -0.2) is 6.43 Å². The fourth-order valence-electron chi connectivity index (χ4n) is 1.85. The van der Waals surface area contributed by atoms with E-state index in [-0.39, 0.29) is 0 Å². The maximum Gasteiger partial charge on any atom is 0.255 e. The predicted octanol–water partition coefficient (Wildman–Crippen LogP) is 4.85. The summed E-state index contributed by atoms with van der Waals surface area (Å²) in [4.78, 5) is -0.905. The van der Waals surface area contributed by atoms with Gasteiger partial charge < -0.3 is 0 Å². The van der Waals surface area contributed by atoms with Crippen LogP contribution in [0.15, 0.2) is 36.4 Å². The number of hydrogen-bond acceptors (Lipinski definition) is 0. The van der Waals surface area contributed by atoms with Crippen LogP contribution < -0.4 is 0 Å². The number of benzene rings is 2. The Balaban J connectivity index is 2.67. The van der Waals surface area contributed by atoms with Gasteiger partial charge in [-0.05, 0) is 28.8 Å². The minimum atomic E-state index is -2.40. The third-order valence-electron chi connectivity index (χ3n) is 2.69. The summed E-state index contributed by atoms with van der Waals surface area (Å²) in [7, 11) is 0. The quantitative estimate of drug-likeness (QED) is 0.692. The van der Waals surface area contributed by atoms with Gasteiger partial charge in [0.15, 0.2) is 0 Å². The molecule has 0 aliphatic carbocycles. The zero-order valence-corrected chi connectivity index (χ0v) is 10.3. The van der Waals surface area contributed by atoms with Gasteiger partial charge in [0, 0.05) is 0 Å². The van der Waals surface area contributed by atoms with Crippen molar-refractivity contribution in [2.75, 3.05) is 0 Å². The van der Waals surface area contributed by atoms with E-state index < -0.39 is 11.3 Å². The second-order valence-corrected chi connectivity index (χ2v) is 4.74. The summed E-state index contributed by atoms with van der Waals surface area (Å²) in [6.07, 6.45) is -2.40. The van der Waals surface area contributed by atoms with Gasteiger partial charge in [-0.3, -0.25) is 0 Å². The van der Waals surface area contributed by atoms with Gasteiger partial charge in [0.1, 0.15) is 4.83 Å². The molecule has 0 bridgehead atoms. The van der Waals surface area contributed by atoms with Gasteiger partial charge in [-0.1, -0.05) is 52.3 Å². The highest BCUT2D eigenvalue weighted by atomic mass is 79.9. The molecular weight excluding hydrogens is 274 g/mol. The normalized spacial score (nSPS) is 13.3. The predicted molar refractivity (Wildman–Crippen MR) is 66.4 cm³/mol.